The van der Waals surface area contributed by atoms with Crippen molar-refractivity contribution in [1.82, 2.24) is 15.1 Å². The van der Waals surface area contributed by atoms with Gasteiger partial charge in [-0.15, -0.1) is 11.3 Å². The Bertz CT molecular complexity index is 938. The van der Waals surface area contributed by atoms with Gasteiger partial charge in [-0.2, -0.15) is 5.10 Å². The number of rotatable bonds is 6. The number of benzene rings is 1. The molecule has 27 heavy (non-hydrogen) atoms. The molecule has 3 heterocycles. The fraction of sp³-hybridized carbons (Fsp3) is 0.263. The summed E-state index contributed by atoms with van der Waals surface area (Å²) in [6, 6.07) is 11.1. The van der Waals surface area contributed by atoms with Crippen LogP contribution in [-0.4, -0.2) is 34.8 Å². The average molecular weight is 385 g/mol. The lowest BCUT2D eigenvalue weighted by Gasteiger charge is -2.23. The van der Waals surface area contributed by atoms with Gasteiger partial charge in [0, 0.05) is 18.0 Å². The zero-order chi connectivity index (χ0) is 18.8. The van der Waals surface area contributed by atoms with Crippen LogP contribution >= 0.6 is 11.3 Å². The largest absolute Gasteiger partial charge is 0.487 e. The molecule has 1 aliphatic rings. The van der Waals surface area contributed by atoms with Gasteiger partial charge in [0.25, 0.3) is 5.91 Å². The molecule has 0 fully saturated rings. The summed E-state index contributed by atoms with van der Waals surface area (Å²) in [5, 5.41) is 9.00. The maximum Gasteiger partial charge on any atom is 0.274 e. The number of aromatic nitrogens is 2. The molecule has 1 aliphatic heterocycles. The number of aromatic amines is 1. The number of hydrogen-bond acceptors (Lipinski definition) is 6. The van der Waals surface area contributed by atoms with E-state index < -0.39 is 0 Å². The maximum absolute atomic E-state index is 12.7. The summed E-state index contributed by atoms with van der Waals surface area (Å²) in [5.74, 6) is 1.89. The van der Waals surface area contributed by atoms with Crippen molar-refractivity contribution in [3.8, 4) is 17.2 Å². The Morgan fingerprint density at radius 3 is 3.00 bits per heavy atom. The summed E-state index contributed by atoms with van der Waals surface area (Å²) in [6.07, 6.45) is 0. The number of nitrogens with one attached hydrogen (secondary N) is 1. The predicted octanol–water partition coefficient (Wildman–Crippen LogP) is 3.61. The highest BCUT2D eigenvalue weighted by atomic mass is 32.1. The van der Waals surface area contributed by atoms with E-state index in [1.54, 1.807) is 41.5 Å². The van der Waals surface area contributed by atoms with Gasteiger partial charge in [-0.3, -0.25) is 9.89 Å². The molecule has 0 bridgehead atoms. The van der Waals surface area contributed by atoms with E-state index in [9.17, 15) is 4.79 Å². The monoisotopic (exact) mass is 385 g/mol. The fourth-order valence-corrected chi connectivity index (χ4v) is 3.58. The van der Waals surface area contributed by atoms with E-state index in [-0.39, 0.29) is 25.3 Å². The third-order valence-corrected chi connectivity index (χ3v) is 5.49. The molecule has 0 radical (unpaired) electrons. The molecule has 0 aliphatic carbocycles. The molecule has 0 saturated carbocycles. The van der Waals surface area contributed by atoms with Crippen LogP contribution in [0.5, 0.6) is 17.2 Å². The smallest absolute Gasteiger partial charge is 0.274 e. The molecule has 8 heteroatoms. The highest BCUT2D eigenvalue weighted by Crippen LogP contribution is 2.35. The normalized spacial score (nSPS) is 13.4. The van der Waals surface area contributed by atoms with Crippen molar-refractivity contribution in [2.24, 2.45) is 0 Å². The summed E-state index contributed by atoms with van der Waals surface area (Å²) >= 11 is 1.63. The van der Waals surface area contributed by atoms with E-state index in [1.165, 1.54) is 0 Å². The second-order valence-electron chi connectivity index (χ2n) is 6.19. The molecule has 1 atom stereocenters. The van der Waals surface area contributed by atoms with Gasteiger partial charge in [0.1, 0.15) is 12.4 Å². The van der Waals surface area contributed by atoms with Crippen LogP contribution in [0.15, 0.2) is 41.8 Å². The number of ether oxygens (including phenoxy) is 3. The lowest BCUT2D eigenvalue weighted by Crippen LogP contribution is -2.29. The molecule has 1 aromatic carbocycles. The van der Waals surface area contributed by atoms with Crippen molar-refractivity contribution >= 4 is 17.2 Å². The second kappa shape index (κ2) is 7.32. The van der Waals surface area contributed by atoms with Gasteiger partial charge in [0.05, 0.1) is 11.7 Å². The maximum atomic E-state index is 12.7. The Morgan fingerprint density at radius 2 is 2.19 bits per heavy atom. The second-order valence-corrected chi connectivity index (χ2v) is 7.17. The summed E-state index contributed by atoms with van der Waals surface area (Å²) in [4.78, 5) is 15.5. The van der Waals surface area contributed by atoms with E-state index >= 15 is 0 Å². The molecular weight excluding hydrogens is 366 g/mol. The van der Waals surface area contributed by atoms with Crippen LogP contribution in [0.3, 0.4) is 0 Å². The van der Waals surface area contributed by atoms with E-state index in [0.717, 1.165) is 4.88 Å². The topological polar surface area (TPSA) is 76.7 Å². The zero-order valence-corrected chi connectivity index (χ0v) is 15.8. The Morgan fingerprint density at radius 1 is 1.33 bits per heavy atom. The minimum Gasteiger partial charge on any atom is -0.487 e. The summed E-state index contributed by atoms with van der Waals surface area (Å²) in [6.45, 7) is 2.49. The van der Waals surface area contributed by atoms with Crippen molar-refractivity contribution in [2.45, 2.75) is 19.6 Å². The first-order valence-electron chi connectivity index (χ1n) is 8.49. The number of fused-ring (bicyclic) bond motifs is 1. The summed E-state index contributed by atoms with van der Waals surface area (Å²) < 4.78 is 16.4. The Balaban J connectivity index is 1.38. The molecule has 3 aromatic rings. The number of carbonyl (C=O) groups excluding carboxylic acids is 1. The molecule has 0 spiro atoms. The molecule has 7 nitrogen and oxygen atoms in total. The van der Waals surface area contributed by atoms with Crippen LogP contribution in [0.4, 0.5) is 0 Å². The number of nitrogens with zero attached hydrogens (tertiary/aromatic N) is 2. The summed E-state index contributed by atoms with van der Waals surface area (Å²) in [5.41, 5.74) is 1.08. The van der Waals surface area contributed by atoms with Crippen LogP contribution < -0.4 is 14.2 Å². The third-order valence-electron chi connectivity index (χ3n) is 4.44. The van der Waals surface area contributed by atoms with Gasteiger partial charge < -0.3 is 19.1 Å². The number of amides is 1. The summed E-state index contributed by atoms with van der Waals surface area (Å²) in [7, 11) is 1.78. The van der Waals surface area contributed by atoms with Crippen molar-refractivity contribution in [2.75, 3.05) is 13.8 Å². The lowest BCUT2D eigenvalue weighted by molar-refractivity contribution is 0.0739. The quantitative estimate of drug-likeness (QED) is 0.701. The van der Waals surface area contributed by atoms with Gasteiger partial charge in [-0.1, -0.05) is 6.07 Å². The molecule has 140 valence electrons. The van der Waals surface area contributed by atoms with Gasteiger partial charge in [-0.05, 0) is 36.6 Å². The SMILES string of the molecule is CC(c1cccs1)N(C)C(=O)c1cc(COc2ccc3c(c2)OCO3)[nH]n1. The van der Waals surface area contributed by atoms with Crippen molar-refractivity contribution < 1.29 is 19.0 Å². The van der Waals surface area contributed by atoms with Crippen LogP contribution in [0.2, 0.25) is 0 Å². The van der Waals surface area contributed by atoms with Gasteiger partial charge in [-0.25, -0.2) is 0 Å². The van der Waals surface area contributed by atoms with Gasteiger partial charge in [0.15, 0.2) is 17.2 Å². The molecule has 4 rings (SSSR count). The Hall–Kier alpha value is -3.00. The molecule has 1 amide bonds. The highest BCUT2D eigenvalue weighted by Gasteiger charge is 2.22. The van der Waals surface area contributed by atoms with Crippen molar-refractivity contribution in [3.63, 3.8) is 0 Å². The van der Waals surface area contributed by atoms with Crippen molar-refractivity contribution in [3.05, 3.63) is 58.0 Å². The minimum atomic E-state index is -0.138. The average Bonchev–Trinajstić information content (AvgIpc) is 3.45. The minimum absolute atomic E-state index is 0.0115. The molecule has 0 saturated heterocycles. The first-order chi connectivity index (χ1) is 13.1. The zero-order valence-electron chi connectivity index (χ0n) is 15.0. The predicted molar refractivity (Wildman–Crippen MR) is 100 cm³/mol. The molecule has 2 aromatic heterocycles. The number of H-pyrrole nitrogens is 1. The van der Waals surface area contributed by atoms with Gasteiger partial charge in [0.2, 0.25) is 6.79 Å². The Labute approximate surface area is 160 Å². The molecule has 1 N–H and O–H groups in total. The third kappa shape index (κ3) is 3.61. The first-order valence-corrected chi connectivity index (χ1v) is 9.37. The van der Waals surface area contributed by atoms with E-state index in [0.29, 0.717) is 28.6 Å². The van der Waals surface area contributed by atoms with E-state index in [2.05, 4.69) is 10.2 Å². The number of hydrogen-bond donors (Lipinski definition) is 1. The van der Waals surface area contributed by atoms with Crippen LogP contribution in [0, 0.1) is 0 Å². The molecule has 1 unspecified atom stereocenters. The first kappa shape index (κ1) is 17.4. The van der Waals surface area contributed by atoms with Gasteiger partial charge >= 0.3 is 0 Å². The van der Waals surface area contributed by atoms with Crippen LogP contribution in [0.1, 0.15) is 34.0 Å². The van der Waals surface area contributed by atoms with E-state index in [4.69, 9.17) is 14.2 Å². The molecular formula is C19H19N3O4S. The number of carbonyl (C=O) groups is 1. The highest BCUT2D eigenvalue weighted by molar-refractivity contribution is 7.10. The number of thiophene rings is 1. The Kier molecular flexibility index (Phi) is 4.72. The fourth-order valence-electron chi connectivity index (χ4n) is 2.75. The van der Waals surface area contributed by atoms with Crippen LogP contribution in [0.25, 0.3) is 0 Å². The van der Waals surface area contributed by atoms with Crippen molar-refractivity contribution in [1.29, 1.82) is 0 Å². The lowest BCUT2D eigenvalue weighted by atomic mass is 10.2. The standard InChI is InChI=1S/C19H19N3O4S/c1-12(18-4-3-7-27-18)22(2)19(23)15-8-13(20-21-15)10-24-14-5-6-16-17(9-14)26-11-25-16/h3-9,12H,10-11H2,1-2H3,(H,20,21). The van der Waals surface area contributed by atoms with Crippen LogP contribution in [-0.2, 0) is 6.61 Å². The van der Waals surface area contributed by atoms with E-state index in [1.807, 2.05) is 30.5 Å².